The van der Waals surface area contributed by atoms with Crippen LogP contribution in [-0.4, -0.2) is 59.6 Å². The van der Waals surface area contributed by atoms with E-state index >= 15 is 0 Å². The van der Waals surface area contributed by atoms with Crippen LogP contribution in [0.5, 0.6) is 0 Å². The van der Waals surface area contributed by atoms with Crippen molar-refractivity contribution < 1.29 is 18.0 Å². The van der Waals surface area contributed by atoms with Gasteiger partial charge in [0.25, 0.3) is 5.91 Å². The van der Waals surface area contributed by atoms with Crippen molar-refractivity contribution in [2.45, 2.75) is 6.18 Å². The third-order valence-electron chi connectivity index (χ3n) is 3.12. The quantitative estimate of drug-likeness (QED) is 0.841. The highest BCUT2D eigenvalue weighted by atomic mass is 35.5. The normalized spacial score (nSPS) is 17.0. The molecule has 0 unspecified atom stereocenters. The molecule has 9 heteroatoms. The number of rotatable bonds is 2. The molecule has 2 heterocycles. The fourth-order valence-electron chi connectivity index (χ4n) is 2.19. The average molecular weight is 323 g/mol. The first-order valence-electron chi connectivity index (χ1n) is 6.26. The van der Waals surface area contributed by atoms with E-state index in [-0.39, 0.29) is 48.6 Å². The monoisotopic (exact) mass is 322 g/mol. The molecule has 1 aromatic heterocycles. The Morgan fingerprint density at radius 3 is 2.43 bits per heavy atom. The standard InChI is InChI=1S/C12H14ClF3N4O/c13-9-5-8(6-10(17)18-9)11(21)20-3-1-19(2-4-20)7-12(14,15)16/h5-6H,1-4,7H2,(H2,17,18). The number of halogens is 4. The maximum atomic E-state index is 12.3. The summed E-state index contributed by atoms with van der Waals surface area (Å²) in [5.74, 6) is -0.181. The van der Waals surface area contributed by atoms with Crippen molar-refractivity contribution in [1.82, 2.24) is 14.8 Å². The van der Waals surface area contributed by atoms with E-state index in [1.807, 2.05) is 0 Å². The van der Waals surface area contributed by atoms with Gasteiger partial charge in [0.15, 0.2) is 0 Å². The lowest BCUT2D eigenvalue weighted by molar-refractivity contribution is -0.148. The number of anilines is 1. The van der Waals surface area contributed by atoms with Gasteiger partial charge < -0.3 is 10.6 Å². The minimum atomic E-state index is -4.22. The van der Waals surface area contributed by atoms with E-state index in [0.29, 0.717) is 0 Å². The molecule has 1 aliphatic rings. The molecule has 116 valence electrons. The second-order valence-corrected chi connectivity index (χ2v) is 5.17. The van der Waals surface area contributed by atoms with Crippen molar-refractivity contribution >= 4 is 23.3 Å². The van der Waals surface area contributed by atoms with Crippen molar-refractivity contribution in [1.29, 1.82) is 0 Å². The number of pyridine rings is 1. The Balaban J connectivity index is 1.97. The number of piperazine rings is 1. The molecule has 0 saturated carbocycles. The van der Waals surface area contributed by atoms with Crippen LogP contribution in [0, 0.1) is 0 Å². The van der Waals surface area contributed by atoms with Gasteiger partial charge in [-0.25, -0.2) is 4.98 Å². The van der Waals surface area contributed by atoms with E-state index in [4.69, 9.17) is 17.3 Å². The van der Waals surface area contributed by atoms with Gasteiger partial charge in [-0.1, -0.05) is 11.6 Å². The number of aromatic nitrogens is 1. The largest absolute Gasteiger partial charge is 0.401 e. The van der Waals surface area contributed by atoms with Crippen LogP contribution in [0.4, 0.5) is 19.0 Å². The molecule has 1 saturated heterocycles. The van der Waals surface area contributed by atoms with E-state index in [9.17, 15) is 18.0 Å². The number of nitrogen functional groups attached to an aromatic ring is 1. The van der Waals surface area contributed by atoms with Gasteiger partial charge in [-0.15, -0.1) is 0 Å². The first kappa shape index (κ1) is 15.8. The highest BCUT2D eigenvalue weighted by Crippen LogP contribution is 2.19. The van der Waals surface area contributed by atoms with Crippen LogP contribution in [-0.2, 0) is 0 Å². The minimum Gasteiger partial charge on any atom is -0.384 e. The van der Waals surface area contributed by atoms with Gasteiger partial charge in [-0.3, -0.25) is 9.69 Å². The summed E-state index contributed by atoms with van der Waals surface area (Å²) in [4.78, 5) is 18.8. The van der Waals surface area contributed by atoms with Crippen LogP contribution in [0.15, 0.2) is 12.1 Å². The zero-order chi connectivity index (χ0) is 15.6. The second kappa shape index (κ2) is 6.07. The van der Waals surface area contributed by atoms with Crippen LogP contribution >= 0.6 is 11.6 Å². The van der Waals surface area contributed by atoms with Crippen LogP contribution in [0.25, 0.3) is 0 Å². The number of carbonyl (C=O) groups excluding carboxylic acids is 1. The topological polar surface area (TPSA) is 62.5 Å². The number of nitrogens with zero attached hydrogens (tertiary/aromatic N) is 3. The van der Waals surface area contributed by atoms with Crippen LogP contribution in [0.3, 0.4) is 0 Å². The third-order valence-corrected chi connectivity index (χ3v) is 3.32. The third kappa shape index (κ3) is 4.47. The lowest BCUT2D eigenvalue weighted by Gasteiger charge is -2.35. The van der Waals surface area contributed by atoms with E-state index in [1.54, 1.807) is 0 Å². The van der Waals surface area contributed by atoms with Gasteiger partial charge in [-0.2, -0.15) is 13.2 Å². The smallest absolute Gasteiger partial charge is 0.384 e. The second-order valence-electron chi connectivity index (χ2n) is 4.79. The Hall–Kier alpha value is -1.54. The lowest BCUT2D eigenvalue weighted by Crippen LogP contribution is -2.50. The van der Waals surface area contributed by atoms with Gasteiger partial charge in [0, 0.05) is 31.7 Å². The van der Waals surface area contributed by atoms with Crippen LogP contribution < -0.4 is 5.73 Å². The fraction of sp³-hybridized carbons (Fsp3) is 0.500. The number of hydrogen-bond acceptors (Lipinski definition) is 4. The molecule has 0 aliphatic carbocycles. The summed E-state index contributed by atoms with van der Waals surface area (Å²) in [6.45, 7) is -0.133. The molecule has 0 radical (unpaired) electrons. The fourth-order valence-corrected chi connectivity index (χ4v) is 2.40. The maximum absolute atomic E-state index is 12.3. The molecule has 1 aromatic rings. The Bertz CT molecular complexity index is 509. The Morgan fingerprint density at radius 1 is 1.29 bits per heavy atom. The number of amides is 1. The van der Waals surface area contributed by atoms with Crippen molar-refractivity contribution in [3.63, 3.8) is 0 Å². The SMILES string of the molecule is Nc1cc(C(=O)N2CCN(CC(F)(F)F)CC2)cc(Cl)n1. The summed E-state index contributed by atoms with van der Waals surface area (Å²) in [6, 6.07) is 2.79. The molecule has 0 atom stereocenters. The molecule has 1 fully saturated rings. The zero-order valence-electron chi connectivity index (χ0n) is 11.0. The van der Waals surface area contributed by atoms with Crippen molar-refractivity contribution in [3.8, 4) is 0 Å². The first-order chi connectivity index (χ1) is 9.74. The molecular formula is C12H14ClF3N4O. The van der Waals surface area contributed by atoms with Gasteiger partial charge in [0.05, 0.1) is 6.54 Å². The van der Waals surface area contributed by atoms with Crippen molar-refractivity contribution in [2.75, 3.05) is 38.5 Å². The van der Waals surface area contributed by atoms with E-state index in [1.165, 1.54) is 21.9 Å². The molecule has 0 spiro atoms. The number of hydrogen-bond donors (Lipinski definition) is 1. The number of carbonyl (C=O) groups is 1. The van der Waals surface area contributed by atoms with Gasteiger partial charge in [0.1, 0.15) is 11.0 Å². The van der Waals surface area contributed by atoms with Gasteiger partial charge >= 0.3 is 6.18 Å². The van der Waals surface area contributed by atoms with Crippen LogP contribution in [0.1, 0.15) is 10.4 Å². The molecule has 1 aliphatic heterocycles. The van der Waals surface area contributed by atoms with Crippen LogP contribution in [0.2, 0.25) is 5.15 Å². The highest BCUT2D eigenvalue weighted by molar-refractivity contribution is 6.29. The summed E-state index contributed by atoms with van der Waals surface area (Å²) in [6.07, 6.45) is -4.22. The van der Waals surface area contributed by atoms with E-state index in [0.717, 1.165) is 0 Å². The van der Waals surface area contributed by atoms with Crippen molar-refractivity contribution in [3.05, 3.63) is 22.8 Å². The summed E-state index contributed by atoms with van der Waals surface area (Å²) in [7, 11) is 0. The van der Waals surface area contributed by atoms with Crippen molar-refractivity contribution in [2.24, 2.45) is 0 Å². The average Bonchev–Trinajstić information content (AvgIpc) is 2.35. The molecule has 0 bridgehead atoms. The Kier molecular flexibility index (Phi) is 4.58. The molecule has 0 aromatic carbocycles. The molecule has 2 rings (SSSR count). The van der Waals surface area contributed by atoms with E-state index in [2.05, 4.69) is 4.98 Å². The zero-order valence-corrected chi connectivity index (χ0v) is 11.8. The number of nitrogens with two attached hydrogens (primary N) is 1. The summed E-state index contributed by atoms with van der Waals surface area (Å²) in [5.41, 5.74) is 5.81. The predicted octanol–water partition coefficient (Wildman–Crippen LogP) is 1.64. The molecule has 2 N–H and O–H groups in total. The predicted molar refractivity (Wildman–Crippen MR) is 72.1 cm³/mol. The summed E-state index contributed by atoms with van der Waals surface area (Å²) >= 11 is 5.73. The Labute approximate surface area is 124 Å². The summed E-state index contributed by atoms with van der Waals surface area (Å²) < 4.78 is 36.9. The molecule has 1 amide bonds. The highest BCUT2D eigenvalue weighted by Gasteiger charge is 2.33. The molecule has 21 heavy (non-hydrogen) atoms. The number of alkyl halides is 3. The summed E-state index contributed by atoms with van der Waals surface area (Å²) in [5, 5.41) is 0.106. The lowest BCUT2D eigenvalue weighted by atomic mass is 10.2. The Morgan fingerprint density at radius 2 is 1.90 bits per heavy atom. The van der Waals surface area contributed by atoms with E-state index < -0.39 is 12.7 Å². The molecular weight excluding hydrogens is 309 g/mol. The maximum Gasteiger partial charge on any atom is 0.401 e. The van der Waals surface area contributed by atoms with Gasteiger partial charge in [-0.05, 0) is 12.1 Å². The molecule has 5 nitrogen and oxygen atoms in total. The van der Waals surface area contributed by atoms with Gasteiger partial charge in [0.2, 0.25) is 0 Å². The first-order valence-corrected chi connectivity index (χ1v) is 6.64. The minimum absolute atomic E-state index is 0.106.